The lowest BCUT2D eigenvalue weighted by Gasteiger charge is -2.01. The van der Waals surface area contributed by atoms with Crippen LogP contribution < -0.4 is 10.5 Å². The third-order valence-electron chi connectivity index (χ3n) is 1.78. The Labute approximate surface area is 99.4 Å². The van der Waals surface area contributed by atoms with Crippen molar-refractivity contribution in [1.82, 2.24) is 4.98 Å². The minimum Gasteiger partial charge on any atom is -0.417 e. The maximum atomic E-state index is 13.0. The molecule has 1 aromatic carbocycles. The van der Waals surface area contributed by atoms with Gasteiger partial charge in [-0.3, -0.25) is 0 Å². The first-order chi connectivity index (χ1) is 7.67. The van der Waals surface area contributed by atoms with Crippen molar-refractivity contribution >= 4 is 15.9 Å². The lowest BCUT2D eigenvalue weighted by Crippen LogP contribution is -1.95. The predicted molar refractivity (Wildman–Crippen MR) is 58.6 cm³/mol. The maximum Gasteiger partial charge on any atom is 0.399 e. The lowest BCUT2D eigenvalue weighted by atomic mass is 10.3. The molecule has 84 valence electrons. The molecule has 0 unspecified atom stereocenters. The zero-order chi connectivity index (χ0) is 11.5. The van der Waals surface area contributed by atoms with E-state index in [4.69, 9.17) is 14.9 Å². The van der Waals surface area contributed by atoms with Crippen LogP contribution in [0.25, 0.3) is 0 Å². The van der Waals surface area contributed by atoms with E-state index in [0.717, 1.165) is 0 Å². The van der Waals surface area contributed by atoms with Gasteiger partial charge in [-0.2, -0.15) is 4.98 Å². The highest BCUT2D eigenvalue weighted by Gasteiger charge is 2.07. The van der Waals surface area contributed by atoms with Gasteiger partial charge < -0.3 is 14.9 Å². The molecule has 0 saturated heterocycles. The van der Waals surface area contributed by atoms with Crippen molar-refractivity contribution in [3.8, 4) is 11.8 Å². The van der Waals surface area contributed by atoms with Gasteiger partial charge in [0.25, 0.3) is 0 Å². The molecule has 1 aromatic heterocycles. The van der Waals surface area contributed by atoms with Crippen LogP contribution in [0.4, 0.5) is 4.39 Å². The number of aromatic nitrogens is 1. The molecule has 4 nitrogen and oxygen atoms in total. The molecule has 1 heterocycles. The van der Waals surface area contributed by atoms with E-state index in [-0.39, 0.29) is 12.6 Å². The van der Waals surface area contributed by atoms with Gasteiger partial charge in [0.05, 0.1) is 5.69 Å². The molecule has 16 heavy (non-hydrogen) atoms. The number of halogens is 2. The lowest BCUT2D eigenvalue weighted by molar-refractivity contribution is 0.329. The number of hydrogen-bond donors (Lipinski definition) is 1. The summed E-state index contributed by atoms with van der Waals surface area (Å²) in [5, 5.41) is 0. The summed E-state index contributed by atoms with van der Waals surface area (Å²) in [6, 6.07) is 4.17. The van der Waals surface area contributed by atoms with E-state index in [1.54, 1.807) is 6.07 Å². The Kier molecular flexibility index (Phi) is 3.21. The molecule has 0 fully saturated rings. The normalized spacial score (nSPS) is 10.4. The molecular weight excluding hydrogens is 279 g/mol. The van der Waals surface area contributed by atoms with Crippen LogP contribution in [-0.2, 0) is 6.54 Å². The van der Waals surface area contributed by atoms with Crippen LogP contribution in [0.5, 0.6) is 11.8 Å². The predicted octanol–water partition coefficient (Wildman–Crippen LogP) is 2.83. The van der Waals surface area contributed by atoms with E-state index in [0.29, 0.717) is 15.9 Å². The van der Waals surface area contributed by atoms with Crippen molar-refractivity contribution < 1.29 is 13.5 Å². The van der Waals surface area contributed by atoms with E-state index in [1.165, 1.54) is 18.4 Å². The molecule has 0 saturated carbocycles. The molecule has 0 aliphatic heterocycles. The van der Waals surface area contributed by atoms with Gasteiger partial charge in [0.1, 0.15) is 17.8 Å². The number of ether oxygens (including phenoxy) is 1. The average molecular weight is 287 g/mol. The van der Waals surface area contributed by atoms with Gasteiger partial charge in [-0.05, 0) is 12.1 Å². The molecule has 0 bridgehead atoms. The molecular formula is C10H8BrFN2O2. The molecule has 6 heteroatoms. The number of rotatable bonds is 3. The Bertz CT molecular complexity index is 481. The van der Waals surface area contributed by atoms with Crippen molar-refractivity contribution in [3.05, 3.63) is 40.4 Å². The topological polar surface area (TPSA) is 61.3 Å². The Hall–Kier alpha value is -1.40. The molecule has 0 spiro atoms. The number of nitrogens with zero attached hydrogens (tertiary/aromatic N) is 1. The molecule has 0 radical (unpaired) electrons. The van der Waals surface area contributed by atoms with E-state index < -0.39 is 5.82 Å². The van der Waals surface area contributed by atoms with Crippen LogP contribution in [0.3, 0.4) is 0 Å². The van der Waals surface area contributed by atoms with Gasteiger partial charge in [-0.15, -0.1) is 0 Å². The van der Waals surface area contributed by atoms with E-state index >= 15 is 0 Å². The number of oxazole rings is 1. The van der Waals surface area contributed by atoms with Crippen molar-refractivity contribution in [2.75, 3.05) is 0 Å². The van der Waals surface area contributed by atoms with Crippen molar-refractivity contribution in [3.63, 3.8) is 0 Å². The zero-order valence-corrected chi connectivity index (χ0v) is 9.70. The summed E-state index contributed by atoms with van der Waals surface area (Å²) < 4.78 is 23.8. The van der Waals surface area contributed by atoms with Gasteiger partial charge in [-0.1, -0.05) is 15.9 Å². The summed E-state index contributed by atoms with van der Waals surface area (Å²) in [6.45, 7) is 0.264. The number of nitrogens with two attached hydrogens (primary N) is 1. The van der Waals surface area contributed by atoms with Crippen LogP contribution in [0.15, 0.2) is 33.4 Å². The first-order valence-electron chi connectivity index (χ1n) is 4.46. The molecule has 2 rings (SSSR count). The summed E-state index contributed by atoms with van der Waals surface area (Å²) in [6.07, 6.45) is 1.43. The Morgan fingerprint density at radius 2 is 2.25 bits per heavy atom. The summed E-state index contributed by atoms with van der Waals surface area (Å²) in [7, 11) is 0. The van der Waals surface area contributed by atoms with E-state index in [1.807, 2.05) is 0 Å². The molecule has 2 N–H and O–H groups in total. The molecule has 2 aromatic rings. The fourth-order valence-corrected chi connectivity index (χ4v) is 1.56. The second-order valence-electron chi connectivity index (χ2n) is 3.02. The Balaban J connectivity index is 2.19. The second kappa shape index (κ2) is 4.63. The summed E-state index contributed by atoms with van der Waals surface area (Å²) in [4.78, 5) is 3.93. The maximum absolute atomic E-state index is 13.0. The minimum absolute atomic E-state index is 0.0398. The van der Waals surface area contributed by atoms with Gasteiger partial charge in [-0.25, -0.2) is 4.39 Å². The van der Waals surface area contributed by atoms with Crippen molar-refractivity contribution in [2.45, 2.75) is 6.54 Å². The molecule has 0 aliphatic rings. The van der Waals surface area contributed by atoms with Crippen LogP contribution in [-0.4, -0.2) is 4.98 Å². The SMILES string of the molecule is NCc1coc(Oc2cc(F)cc(Br)c2)n1. The summed E-state index contributed by atoms with van der Waals surface area (Å²) in [5.74, 6) is -0.104. The Morgan fingerprint density at radius 1 is 1.44 bits per heavy atom. The average Bonchev–Trinajstić information content (AvgIpc) is 2.64. The monoisotopic (exact) mass is 286 g/mol. The van der Waals surface area contributed by atoms with Crippen molar-refractivity contribution in [1.29, 1.82) is 0 Å². The van der Waals surface area contributed by atoms with Crippen LogP contribution in [0, 0.1) is 5.82 Å². The van der Waals surface area contributed by atoms with Gasteiger partial charge in [0.15, 0.2) is 0 Å². The first-order valence-corrected chi connectivity index (χ1v) is 5.25. The van der Waals surface area contributed by atoms with Gasteiger partial charge in [0.2, 0.25) is 0 Å². The van der Waals surface area contributed by atoms with Gasteiger partial charge in [0, 0.05) is 17.1 Å². The van der Waals surface area contributed by atoms with Crippen LogP contribution in [0.2, 0.25) is 0 Å². The largest absolute Gasteiger partial charge is 0.417 e. The quantitative estimate of drug-likeness (QED) is 0.943. The van der Waals surface area contributed by atoms with Crippen LogP contribution in [0.1, 0.15) is 5.69 Å². The van der Waals surface area contributed by atoms with Crippen molar-refractivity contribution in [2.24, 2.45) is 5.73 Å². The highest BCUT2D eigenvalue weighted by atomic mass is 79.9. The minimum atomic E-state index is -0.407. The van der Waals surface area contributed by atoms with E-state index in [9.17, 15) is 4.39 Å². The second-order valence-corrected chi connectivity index (χ2v) is 3.93. The zero-order valence-electron chi connectivity index (χ0n) is 8.11. The standard InChI is InChI=1S/C10H8BrFN2O2/c11-6-1-7(12)3-9(2-6)16-10-14-8(4-13)5-15-10/h1-3,5H,4,13H2. The first kappa shape index (κ1) is 11.1. The highest BCUT2D eigenvalue weighted by molar-refractivity contribution is 9.10. The fraction of sp³-hybridized carbons (Fsp3) is 0.100. The van der Waals surface area contributed by atoms with Crippen LogP contribution >= 0.6 is 15.9 Å². The molecule has 0 amide bonds. The van der Waals surface area contributed by atoms with Gasteiger partial charge >= 0.3 is 6.08 Å². The smallest absolute Gasteiger partial charge is 0.399 e. The third kappa shape index (κ3) is 2.59. The summed E-state index contributed by atoms with van der Waals surface area (Å²) in [5.41, 5.74) is 5.93. The fourth-order valence-electron chi connectivity index (χ4n) is 1.12. The third-order valence-corrected chi connectivity index (χ3v) is 2.24. The highest BCUT2D eigenvalue weighted by Crippen LogP contribution is 2.25. The molecule has 0 atom stereocenters. The Morgan fingerprint density at radius 3 is 2.88 bits per heavy atom. The van der Waals surface area contributed by atoms with E-state index in [2.05, 4.69) is 20.9 Å². The number of benzene rings is 1. The summed E-state index contributed by atoms with van der Waals surface area (Å²) >= 11 is 3.15. The number of hydrogen-bond acceptors (Lipinski definition) is 4. The molecule has 0 aliphatic carbocycles.